The van der Waals surface area contributed by atoms with Gasteiger partial charge in [0, 0.05) is 23.1 Å². The molecular weight excluding hydrogens is 314 g/mol. The van der Waals surface area contributed by atoms with E-state index in [-0.39, 0.29) is 5.60 Å². The van der Waals surface area contributed by atoms with Crippen LogP contribution in [0.3, 0.4) is 0 Å². The summed E-state index contributed by atoms with van der Waals surface area (Å²) >= 11 is 0. The highest BCUT2D eigenvalue weighted by Crippen LogP contribution is 2.34. The second-order valence-corrected chi connectivity index (χ2v) is 6.83. The van der Waals surface area contributed by atoms with E-state index < -0.39 is 0 Å². The van der Waals surface area contributed by atoms with E-state index in [2.05, 4.69) is 0 Å². The number of benzene rings is 2. The first-order chi connectivity index (χ1) is 11.9. The van der Waals surface area contributed by atoms with Gasteiger partial charge >= 0.3 is 0 Å². The Labute approximate surface area is 148 Å². The van der Waals surface area contributed by atoms with Gasteiger partial charge in [-0.05, 0) is 57.2 Å². The van der Waals surface area contributed by atoms with Crippen molar-refractivity contribution in [3.63, 3.8) is 0 Å². The molecule has 3 aromatic rings. The molecule has 0 radical (unpaired) electrons. The van der Waals surface area contributed by atoms with Gasteiger partial charge in [0.2, 0.25) is 0 Å². The van der Waals surface area contributed by atoms with Crippen LogP contribution in [-0.4, -0.2) is 24.8 Å². The van der Waals surface area contributed by atoms with Crippen LogP contribution < -0.4 is 14.2 Å². The van der Waals surface area contributed by atoms with Gasteiger partial charge < -0.3 is 14.2 Å². The standard InChI is InChI=1S/C21H23NO3/c1-21(2,3)25-20-13-18(14-6-8-15(23-4)9-7-14)22-19-12-16(24-5)10-11-17(19)20/h6-13H,1-5H3. The maximum atomic E-state index is 6.19. The van der Waals surface area contributed by atoms with Crippen molar-refractivity contribution >= 4 is 10.9 Å². The van der Waals surface area contributed by atoms with E-state index in [1.54, 1.807) is 14.2 Å². The van der Waals surface area contributed by atoms with E-state index in [4.69, 9.17) is 19.2 Å². The van der Waals surface area contributed by atoms with Crippen molar-refractivity contribution in [2.75, 3.05) is 14.2 Å². The summed E-state index contributed by atoms with van der Waals surface area (Å²) in [7, 11) is 3.31. The predicted molar refractivity (Wildman–Crippen MR) is 101 cm³/mol. The Morgan fingerprint density at radius 3 is 2.04 bits per heavy atom. The number of hydrogen-bond donors (Lipinski definition) is 0. The van der Waals surface area contributed by atoms with Crippen molar-refractivity contribution in [2.24, 2.45) is 0 Å². The Balaban J connectivity index is 2.17. The van der Waals surface area contributed by atoms with Crippen molar-refractivity contribution in [3.8, 4) is 28.5 Å². The van der Waals surface area contributed by atoms with Gasteiger partial charge in [-0.3, -0.25) is 0 Å². The molecule has 0 N–H and O–H groups in total. The van der Waals surface area contributed by atoms with E-state index in [0.29, 0.717) is 0 Å². The highest BCUT2D eigenvalue weighted by Gasteiger charge is 2.16. The van der Waals surface area contributed by atoms with Gasteiger partial charge in [-0.25, -0.2) is 4.98 Å². The molecule has 0 unspecified atom stereocenters. The highest BCUT2D eigenvalue weighted by molar-refractivity contribution is 5.89. The second kappa shape index (κ2) is 6.63. The summed E-state index contributed by atoms with van der Waals surface area (Å²) in [6.07, 6.45) is 0. The minimum atomic E-state index is -0.300. The summed E-state index contributed by atoms with van der Waals surface area (Å²) in [4.78, 5) is 4.80. The van der Waals surface area contributed by atoms with Crippen LogP contribution in [0.1, 0.15) is 20.8 Å². The predicted octanol–water partition coefficient (Wildman–Crippen LogP) is 5.10. The molecule has 0 saturated carbocycles. The summed E-state index contributed by atoms with van der Waals surface area (Å²) < 4.78 is 16.8. The highest BCUT2D eigenvalue weighted by atomic mass is 16.5. The summed E-state index contributed by atoms with van der Waals surface area (Å²) in [6, 6.07) is 15.7. The molecule has 0 aliphatic heterocycles. The first-order valence-corrected chi connectivity index (χ1v) is 8.22. The van der Waals surface area contributed by atoms with Gasteiger partial charge in [0.15, 0.2) is 0 Å². The number of aromatic nitrogens is 1. The summed E-state index contributed by atoms with van der Waals surface area (Å²) in [5.74, 6) is 2.40. The van der Waals surface area contributed by atoms with E-state index in [9.17, 15) is 0 Å². The van der Waals surface area contributed by atoms with Gasteiger partial charge in [0.1, 0.15) is 22.8 Å². The van der Waals surface area contributed by atoms with Gasteiger partial charge in [0.25, 0.3) is 0 Å². The Morgan fingerprint density at radius 1 is 0.800 bits per heavy atom. The lowest BCUT2D eigenvalue weighted by Gasteiger charge is -2.23. The molecule has 3 rings (SSSR count). The van der Waals surface area contributed by atoms with Crippen LogP contribution in [0.15, 0.2) is 48.5 Å². The monoisotopic (exact) mass is 337 g/mol. The Morgan fingerprint density at radius 2 is 1.44 bits per heavy atom. The van der Waals surface area contributed by atoms with Gasteiger partial charge in [0.05, 0.1) is 25.4 Å². The van der Waals surface area contributed by atoms with Crippen LogP contribution in [0.4, 0.5) is 0 Å². The third kappa shape index (κ3) is 3.85. The summed E-state index contributed by atoms with van der Waals surface area (Å²) in [5, 5.41) is 0.966. The zero-order valence-corrected chi connectivity index (χ0v) is 15.3. The summed E-state index contributed by atoms with van der Waals surface area (Å²) in [6.45, 7) is 6.11. The number of pyridine rings is 1. The minimum Gasteiger partial charge on any atom is -0.497 e. The number of rotatable bonds is 4. The van der Waals surface area contributed by atoms with Crippen LogP contribution >= 0.6 is 0 Å². The zero-order chi connectivity index (χ0) is 18.0. The first-order valence-electron chi connectivity index (χ1n) is 8.22. The van der Waals surface area contributed by atoms with Crippen molar-refractivity contribution in [1.82, 2.24) is 4.98 Å². The molecule has 0 aliphatic rings. The Kier molecular flexibility index (Phi) is 4.53. The fraction of sp³-hybridized carbons (Fsp3) is 0.286. The molecule has 2 aromatic carbocycles. The lowest BCUT2D eigenvalue weighted by molar-refractivity contribution is 0.133. The molecule has 0 spiro atoms. The van der Waals surface area contributed by atoms with E-state index in [1.165, 1.54) is 0 Å². The molecule has 0 aliphatic carbocycles. The van der Waals surface area contributed by atoms with Crippen LogP contribution in [0, 0.1) is 0 Å². The molecule has 25 heavy (non-hydrogen) atoms. The molecular formula is C21H23NO3. The number of fused-ring (bicyclic) bond motifs is 1. The number of hydrogen-bond acceptors (Lipinski definition) is 4. The molecule has 130 valence electrons. The topological polar surface area (TPSA) is 40.6 Å². The normalized spacial score (nSPS) is 11.4. The second-order valence-electron chi connectivity index (χ2n) is 6.83. The third-order valence-electron chi connectivity index (χ3n) is 3.78. The SMILES string of the molecule is COc1ccc(-c2cc(OC(C)(C)C)c3ccc(OC)cc3n2)cc1. The number of ether oxygens (including phenoxy) is 3. The largest absolute Gasteiger partial charge is 0.497 e. The summed E-state index contributed by atoms with van der Waals surface area (Å²) in [5.41, 5.74) is 2.39. The van der Waals surface area contributed by atoms with E-state index >= 15 is 0 Å². The first kappa shape index (κ1) is 17.1. The Bertz CT molecular complexity index is 880. The molecule has 4 heteroatoms. The minimum absolute atomic E-state index is 0.300. The lowest BCUT2D eigenvalue weighted by atomic mass is 10.1. The third-order valence-corrected chi connectivity index (χ3v) is 3.78. The van der Waals surface area contributed by atoms with Gasteiger partial charge in [-0.15, -0.1) is 0 Å². The Hall–Kier alpha value is -2.75. The fourth-order valence-corrected chi connectivity index (χ4v) is 2.63. The molecule has 1 heterocycles. The van der Waals surface area contributed by atoms with Crippen LogP contribution in [0.2, 0.25) is 0 Å². The van der Waals surface area contributed by atoms with Crippen LogP contribution in [0.25, 0.3) is 22.2 Å². The molecule has 0 saturated heterocycles. The average molecular weight is 337 g/mol. The number of nitrogens with zero attached hydrogens (tertiary/aromatic N) is 1. The zero-order valence-electron chi connectivity index (χ0n) is 15.3. The number of methoxy groups -OCH3 is 2. The smallest absolute Gasteiger partial charge is 0.131 e. The van der Waals surface area contributed by atoms with E-state index in [0.717, 1.165) is 39.4 Å². The molecule has 0 amide bonds. The molecule has 4 nitrogen and oxygen atoms in total. The fourth-order valence-electron chi connectivity index (χ4n) is 2.63. The molecule has 0 fully saturated rings. The van der Waals surface area contributed by atoms with Crippen LogP contribution in [-0.2, 0) is 0 Å². The lowest BCUT2D eigenvalue weighted by Crippen LogP contribution is -2.23. The van der Waals surface area contributed by atoms with E-state index in [1.807, 2.05) is 69.3 Å². The van der Waals surface area contributed by atoms with Gasteiger partial charge in [-0.2, -0.15) is 0 Å². The van der Waals surface area contributed by atoms with Gasteiger partial charge in [-0.1, -0.05) is 0 Å². The average Bonchev–Trinajstić information content (AvgIpc) is 2.59. The molecule has 1 aromatic heterocycles. The van der Waals surface area contributed by atoms with Crippen molar-refractivity contribution < 1.29 is 14.2 Å². The molecule has 0 atom stereocenters. The van der Waals surface area contributed by atoms with Crippen molar-refractivity contribution in [3.05, 3.63) is 48.5 Å². The van der Waals surface area contributed by atoms with Crippen molar-refractivity contribution in [2.45, 2.75) is 26.4 Å². The maximum absolute atomic E-state index is 6.19. The quantitative estimate of drug-likeness (QED) is 0.664. The van der Waals surface area contributed by atoms with Crippen molar-refractivity contribution in [1.29, 1.82) is 0 Å². The molecule has 0 bridgehead atoms. The maximum Gasteiger partial charge on any atom is 0.131 e. The van der Waals surface area contributed by atoms with Crippen LogP contribution in [0.5, 0.6) is 17.2 Å².